The zero-order chi connectivity index (χ0) is 21.3. The molecule has 0 aromatic heterocycles. The minimum Gasteiger partial charge on any atom is -0.369 e. The second-order valence-electron chi connectivity index (χ2n) is 11.1. The first-order valence-electron chi connectivity index (χ1n) is 12.7. The van der Waals surface area contributed by atoms with E-state index in [0.717, 1.165) is 70.6 Å². The largest absolute Gasteiger partial charge is 0.369 e. The maximum atomic E-state index is 13.9. The lowest BCUT2D eigenvalue weighted by Gasteiger charge is -2.46. The number of piperidine rings is 3. The number of carbonyl (C=O) groups is 3. The van der Waals surface area contributed by atoms with E-state index in [2.05, 4.69) is 15.1 Å². The van der Waals surface area contributed by atoms with E-state index in [-0.39, 0.29) is 47.7 Å². The third-order valence-corrected chi connectivity index (χ3v) is 9.74. The Labute approximate surface area is 184 Å². The Morgan fingerprint density at radius 1 is 0.613 bits per heavy atom. The summed E-state index contributed by atoms with van der Waals surface area (Å²) >= 11 is 0. The van der Waals surface area contributed by atoms with Crippen molar-refractivity contribution in [1.82, 2.24) is 15.1 Å². The smallest absolute Gasteiger partial charge is 0.228 e. The molecule has 6 rings (SSSR count). The van der Waals surface area contributed by atoms with E-state index >= 15 is 0 Å². The highest BCUT2D eigenvalue weighted by Crippen LogP contribution is 2.46. The van der Waals surface area contributed by atoms with Gasteiger partial charge in [-0.2, -0.15) is 0 Å². The van der Waals surface area contributed by atoms with Crippen molar-refractivity contribution < 1.29 is 14.4 Å². The normalized spacial score (nSPS) is 45.7. The highest BCUT2D eigenvalue weighted by molar-refractivity contribution is 5.86. The summed E-state index contributed by atoms with van der Waals surface area (Å²) < 4.78 is 0. The fourth-order valence-corrected chi connectivity index (χ4v) is 8.27. The maximum absolute atomic E-state index is 13.9. The first-order valence-corrected chi connectivity index (χ1v) is 12.7. The monoisotopic (exact) mass is 428 g/mol. The van der Waals surface area contributed by atoms with Crippen molar-refractivity contribution in [2.75, 3.05) is 0 Å². The lowest BCUT2D eigenvalue weighted by molar-refractivity contribution is -0.152. The molecule has 6 bridgehead atoms. The van der Waals surface area contributed by atoms with Gasteiger partial charge in [-0.3, -0.25) is 14.4 Å². The summed E-state index contributed by atoms with van der Waals surface area (Å²) in [7, 11) is 0. The van der Waals surface area contributed by atoms with E-state index in [1.165, 1.54) is 6.42 Å². The van der Waals surface area contributed by atoms with Crippen molar-refractivity contribution in [2.45, 2.75) is 113 Å². The highest BCUT2D eigenvalue weighted by Gasteiger charge is 2.54. The van der Waals surface area contributed by atoms with E-state index in [9.17, 15) is 14.4 Å². The molecule has 0 aliphatic carbocycles. The molecule has 0 unspecified atom stereocenters. The Bertz CT molecular complexity index is 787. The third kappa shape index (κ3) is 3.05. The van der Waals surface area contributed by atoms with Gasteiger partial charge in [0, 0.05) is 36.3 Å². The molecule has 0 aromatic carbocycles. The average molecular weight is 429 g/mol. The van der Waals surface area contributed by atoms with Gasteiger partial charge in [0.25, 0.3) is 0 Å². The van der Waals surface area contributed by atoms with Gasteiger partial charge in [-0.05, 0) is 77.0 Å². The predicted molar refractivity (Wildman–Crippen MR) is 115 cm³/mol. The Kier molecular flexibility index (Phi) is 4.82. The van der Waals surface area contributed by atoms with Gasteiger partial charge >= 0.3 is 0 Å². The quantitative estimate of drug-likeness (QED) is 0.713. The molecule has 7 heteroatoms. The number of nitrogens with two attached hydrogens (primary N) is 1. The molecule has 6 heterocycles. The molecule has 9 atom stereocenters. The number of hydrogen-bond acceptors (Lipinski definition) is 4. The molecule has 0 spiro atoms. The van der Waals surface area contributed by atoms with E-state index in [1.54, 1.807) is 0 Å². The fraction of sp³-hybridized carbons (Fsp3) is 0.875. The van der Waals surface area contributed by atoms with Crippen molar-refractivity contribution in [3.05, 3.63) is 0 Å². The van der Waals surface area contributed by atoms with Crippen LogP contribution in [-0.4, -0.2) is 63.8 Å². The van der Waals surface area contributed by atoms with Crippen LogP contribution in [0.1, 0.15) is 77.0 Å². The number of amides is 3. The van der Waals surface area contributed by atoms with E-state index in [4.69, 9.17) is 5.73 Å². The van der Waals surface area contributed by atoms with Gasteiger partial charge in [0.2, 0.25) is 17.7 Å². The van der Waals surface area contributed by atoms with Crippen LogP contribution in [0, 0.1) is 17.8 Å². The van der Waals surface area contributed by atoms with E-state index < -0.39 is 0 Å². The van der Waals surface area contributed by atoms with Gasteiger partial charge in [0.05, 0.1) is 17.8 Å². The standard InChI is InChI=1S/C24H36N4O3/c25-22(29)17-8-3-14-5-11-20(17)27(14)24(31)18-9-4-15-6-12-21(18)28(15)23(30)16-7-1-13-2-10-19(16)26-13/h13-21,26H,1-12H2,(H2,25,29)/t13-,14+,15-,16-,17-,18-,19-,20+,21-/m1/s1. The molecule has 3 N–H and O–H groups in total. The Morgan fingerprint density at radius 3 is 1.81 bits per heavy atom. The Balaban J connectivity index is 1.22. The van der Waals surface area contributed by atoms with Gasteiger partial charge in [0.1, 0.15) is 0 Å². The first kappa shape index (κ1) is 20.0. The molecule has 0 aromatic rings. The summed E-state index contributed by atoms with van der Waals surface area (Å²) in [4.78, 5) is 43.8. The molecule has 6 fully saturated rings. The topological polar surface area (TPSA) is 95.7 Å². The van der Waals surface area contributed by atoms with Crippen molar-refractivity contribution >= 4 is 17.7 Å². The van der Waals surface area contributed by atoms with Gasteiger partial charge in [-0.1, -0.05) is 0 Å². The number of primary amides is 1. The molecule has 6 aliphatic rings. The summed E-state index contributed by atoms with van der Waals surface area (Å²) in [6.45, 7) is 0. The van der Waals surface area contributed by atoms with Gasteiger partial charge in [-0.15, -0.1) is 0 Å². The highest BCUT2D eigenvalue weighted by atomic mass is 16.2. The summed E-state index contributed by atoms with van der Waals surface area (Å²) in [6, 6.07) is 1.54. The number of nitrogens with zero attached hydrogens (tertiary/aromatic N) is 2. The third-order valence-electron chi connectivity index (χ3n) is 9.74. The number of fused-ring (bicyclic) bond motifs is 6. The second-order valence-corrected chi connectivity index (χ2v) is 11.1. The number of nitrogens with one attached hydrogen (secondary N) is 1. The van der Waals surface area contributed by atoms with Crippen LogP contribution in [0.15, 0.2) is 0 Å². The summed E-state index contributed by atoms with van der Waals surface area (Å²) in [5.41, 5.74) is 5.69. The average Bonchev–Trinajstić information content (AvgIpc) is 3.38. The predicted octanol–water partition coefficient (Wildman–Crippen LogP) is 1.54. The Hall–Kier alpha value is -1.63. The molecule has 6 aliphatic heterocycles. The van der Waals surface area contributed by atoms with Crippen LogP contribution in [0.25, 0.3) is 0 Å². The number of rotatable bonds is 3. The SMILES string of the molecule is NC(=O)[C@@H]1CC[C@H]2CC[C@@H]1N2C(=O)[C@@H]1CC[C@@H]2CC[C@H]1N2C(=O)[C@@H]1CC[C@@H]2CC[C@H]1N2. The van der Waals surface area contributed by atoms with Gasteiger partial charge < -0.3 is 20.9 Å². The zero-order valence-corrected chi connectivity index (χ0v) is 18.4. The molecule has 3 amide bonds. The molecule has 170 valence electrons. The van der Waals surface area contributed by atoms with Crippen LogP contribution < -0.4 is 11.1 Å². The summed E-state index contributed by atoms with van der Waals surface area (Å²) in [5.74, 6) is 0.0170. The van der Waals surface area contributed by atoms with Gasteiger partial charge in [0.15, 0.2) is 0 Å². The zero-order valence-electron chi connectivity index (χ0n) is 18.4. The molecule has 31 heavy (non-hydrogen) atoms. The van der Waals surface area contributed by atoms with Crippen molar-refractivity contribution in [3.8, 4) is 0 Å². The first-order chi connectivity index (χ1) is 15.0. The van der Waals surface area contributed by atoms with Crippen LogP contribution >= 0.6 is 0 Å². The minimum atomic E-state index is -0.260. The molecular weight excluding hydrogens is 392 g/mol. The Morgan fingerprint density at radius 2 is 1.13 bits per heavy atom. The minimum absolute atomic E-state index is 0.0232. The number of hydrogen-bond donors (Lipinski definition) is 2. The van der Waals surface area contributed by atoms with Crippen molar-refractivity contribution in [2.24, 2.45) is 23.5 Å². The summed E-state index contributed by atoms with van der Waals surface area (Å²) in [5, 5.41) is 3.66. The van der Waals surface area contributed by atoms with Crippen LogP contribution in [0.3, 0.4) is 0 Å². The molecular formula is C24H36N4O3. The van der Waals surface area contributed by atoms with Crippen LogP contribution in [0.4, 0.5) is 0 Å². The van der Waals surface area contributed by atoms with E-state index in [1.807, 2.05) is 0 Å². The van der Waals surface area contributed by atoms with Crippen LogP contribution in [-0.2, 0) is 14.4 Å². The number of carbonyl (C=O) groups excluding carboxylic acids is 3. The van der Waals surface area contributed by atoms with Crippen molar-refractivity contribution in [3.63, 3.8) is 0 Å². The maximum Gasteiger partial charge on any atom is 0.228 e. The molecule has 0 radical (unpaired) electrons. The molecule has 6 saturated heterocycles. The lowest BCUT2D eigenvalue weighted by atomic mass is 9.83. The van der Waals surface area contributed by atoms with E-state index in [0.29, 0.717) is 24.0 Å². The second kappa shape index (κ2) is 7.46. The fourth-order valence-electron chi connectivity index (χ4n) is 8.27. The molecule has 0 saturated carbocycles. The lowest BCUT2D eigenvalue weighted by Crippen LogP contribution is -2.59. The summed E-state index contributed by atoms with van der Waals surface area (Å²) in [6.07, 6.45) is 11.8. The molecule has 7 nitrogen and oxygen atoms in total. The van der Waals surface area contributed by atoms with Crippen molar-refractivity contribution in [1.29, 1.82) is 0 Å². The van der Waals surface area contributed by atoms with Gasteiger partial charge in [-0.25, -0.2) is 0 Å². The van der Waals surface area contributed by atoms with Crippen LogP contribution in [0.5, 0.6) is 0 Å². The van der Waals surface area contributed by atoms with Crippen LogP contribution in [0.2, 0.25) is 0 Å².